The van der Waals surface area contributed by atoms with Gasteiger partial charge in [-0.1, -0.05) is 0 Å². The van der Waals surface area contributed by atoms with Gasteiger partial charge < -0.3 is 4.74 Å². The zero-order chi connectivity index (χ0) is 10.9. The standard InChI is InChI=1S/C8H13NO2S3/c1-5(11-3)7-4-8(13-6(7)2)14(9,10)12/h4-5H,1-3H3,(H2,9,10,12). The van der Waals surface area contributed by atoms with Gasteiger partial charge in [0.2, 0.25) is 0 Å². The summed E-state index contributed by atoms with van der Waals surface area (Å²) in [5, 5.41) is 5.39. The van der Waals surface area contributed by atoms with Crippen molar-refractivity contribution in [1.29, 1.82) is 0 Å². The van der Waals surface area contributed by atoms with Gasteiger partial charge in [0.1, 0.15) is 12.9 Å². The van der Waals surface area contributed by atoms with Gasteiger partial charge in [-0.2, -0.15) is 0 Å². The number of hydrogen-bond acceptors (Lipinski definition) is 4. The minimum absolute atomic E-state index is 0.0169. The third-order valence-electron chi connectivity index (χ3n) is 2.01. The van der Waals surface area contributed by atoms with Crippen molar-refractivity contribution < 1.29 is 8.95 Å². The van der Waals surface area contributed by atoms with E-state index >= 15 is 0 Å². The highest BCUT2D eigenvalue weighted by molar-refractivity contribution is 8.32. The lowest BCUT2D eigenvalue weighted by Gasteiger charge is -2.07. The summed E-state index contributed by atoms with van der Waals surface area (Å²) in [5.41, 5.74) is 1.01. The Hall–Kier alpha value is -0.0100. The van der Waals surface area contributed by atoms with E-state index in [0.717, 1.165) is 10.4 Å². The molecule has 0 radical (unpaired) electrons. The molecule has 0 aliphatic heterocycles. The molecular formula is C8H13NO2S3. The summed E-state index contributed by atoms with van der Waals surface area (Å²) >= 11 is 6.10. The maximum Gasteiger partial charge on any atom is 0.126 e. The molecule has 0 bridgehead atoms. The molecule has 0 aliphatic rings. The van der Waals surface area contributed by atoms with E-state index in [0.29, 0.717) is 4.21 Å². The number of thiophene rings is 1. The molecule has 0 spiro atoms. The first-order valence-corrected chi connectivity index (χ1v) is 7.38. The molecule has 0 saturated heterocycles. The van der Waals surface area contributed by atoms with E-state index < -0.39 is 8.68 Å². The van der Waals surface area contributed by atoms with Crippen LogP contribution in [-0.2, 0) is 24.6 Å². The number of methoxy groups -OCH3 is 1. The maximum atomic E-state index is 11.4. The Balaban J connectivity index is 3.18. The van der Waals surface area contributed by atoms with Gasteiger partial charge in [0, 0.05) is 23.2 Å². The van der Waals surface area contributed by atoms with E-state index in [-0.39, 0.29) is 6.10 Å². The summed E-state index contributed by atoms with van der Waals surface area (Å²) in [5.74, 6) is 0. The Morgan fingerprint density at radius 3 is 2.64 bits per heavy atom. The lowest BCUT2D eigenvalue weighted by molar-refractivity contribution is 0.119. The number of ether oxygens (including phenoxy) is 1. The Morgan fingerprint density at radius 1 is 1.71 bits per heavy atom. The highest BCUT2D eigenvalue weighted by Crippen LogP contribution is 2.30. The summed E-state index contributed by atoms with van der Waals surface area (Å²) in [4.78, 5) is 1.05. The molecule has 2 atom stereocenters. The summed E-state index contributed by atoms with van der Waals surface area (Å²) in [6, 6.07) is 1.78. The molecule has 6 heteroatoms. The van der Waals surface area contributed by atoms with Gasteiger partial charge in [-0.15, -0.1) is 11.3 Å². The summed E-state index contributed by atoms with van der Waals surface area (Å²) in [7, 11) is -1.12. The van der Waals surface area contributed by atoms with Crippen LogP contribution < -0.4 is 5.14 Å². The van der Waals surface area contributed by atoms with Gasteiger partial charge in [0.25, 0.3) is 0 Å². The predicted molar refractivity (Wildman–Crippen MR) is 62.4 cm³/mol. The first-order chi connectivity index (χ1) is 6.36. The van der Waals surface area contributed by atoms with Crippen molar-refractivity contribution >= 4 is 31.2 Å². The molecule has 3 nitrogen and oxygen atoms in total. The van der Waals surface area contributed by atoms with Crippen molar-refractivity contribution in [3.05, 3.63) is 16.5 Å². The van der Waals surface area contributed by atoms with Crippen LogP contribution >= 0.6 is 11.3 Å². The number of hydrogen-bond donors (Lipinski definition) is 1. The van der Waals surface area contributed by atoms with Gasteiger partial charge in [-0.25, -0.2) is 9.35 Å². The monoisotopic (exact) mass is 251 g/mol. The molecule has 2 unspecified atom stereocenters. The van der Waals surface area contributed by atoms with Gasteiger partial charge in [0.05, 0.1) is 6.10 Å². The van der Waals surface area contributed by atoms with Gasteiger partial charge >= 0.3 is 0 Å². The third kappa shape index (κ3) is 2.52. The largest absolute Gasteiger partial charge is 0.377 e. The SMILES string of the molecule is COC(C)c1cc(S(N)(=O)=S)sc1C. The molecule has 80 valence electrons. The van der Waals surface area contributed by atoms with E-state index in [2.05, 4.69) is 0 Å². The molecular weight excluding hydrogens is 238 g/mol. The molecule has 0 fully saturated rings. The minimum atomic E-state index is -2.75. The third-order valence-corrected chi connectivity index (χ3v) is 5.39. The Labute approximate surface area is 93.1 Å². The Kier molecular flexibility index (Phi) is 3.65. The molecule has 1 aromatic rings. The molecule has 0 aromatic carbocycles. The quantitative estimate of drug-likeness (QED) is 0.890. The summed E-state index contributed by atoms with van der Waals surface area (Å²) in [6.07, 6.45) is -0.0169. The van der Waals surface area contributed by atoms with Crippen LogP contribution in [0.3, 0.4) is 0 Å². The van der Waals surface area contributed by atoms with E-state index in [1.54, 1.807) is 13.2 Å². The average molecular weight is 251 g/mol. The van der Waals surface area contributed by atoms with Crippen LogP contribution in [0.4, 0.5) is 0 Å². The van der Waals surface area contributed by atoms with Gasteiger partial charge in [0.15, 0.2) is 0 Å². The first kappa shape index (κ1) is 12.1. The second-order valence-electron chi connectivity index (χ2n) is 3.00. The second kappa shape index (κ2) is 4.24. The molecule has 1 heterocycles. The fourth-order valence-electron chi connectivity index (χ4n) is 1.14. The van der Waals surface area contributed by atoms with Gasteiger partial charge in [-0.05, 0) is 25.5 Å². The fraction of sp³-hybridized carbons (Fsp3) is 0.500. The van der Waals surface area contributed by atoms with Crippen molar-refractivity contribution in [2.24, 2.45) is 5.14 Å². The van der Waals surface area contributed by atoms with Gasteiger partial charge in [-0.3, -0.25) is 0 Å². The van der Waals surface area contributed by atoms with Crippen molar-refractivity contribution in [2.45, 2.75) is 24.2 Å². The molecule has 0 saturated carbocycles. The highest BCUT2D eigenvalue weighted by atomic mass is 32.8. The average Bonchev–Trinajstić information content (AvgIpc) is 2.45. The normalized spacial score (nSPS) is 17.7. The van der Waals surface area contributed by atoms with Crippen molar-refractivity contribution in [3.8, 4) is 0 Å². The van der Waals surface area contributed by atoms with Crippen LogP contribution in [-0.4, -0.2) is 11.3 Å². The topological polar surface area (TPSA) is 52.3 Å². The molecule has 14 heavy (non-hydrogen) atoms. The van der Waals surface area contributed by atoms with E-state index in [1.165, 1.54) is 11.3 Å². The lowest BCUT2D eigenvalue weighted by atomic mass is 10.2. The summed E-state index contributed by atoms with van der Waals surface area (Å²) < 4.78 is 17.2. The van der Waals surface area contributed by atoms with Crippen LogP contribution in [0.5, 0.6) is 0 Å². The molecule has 1 aromatic heterocycles. The van der Waals surface area contributed by atoms with Crippen LogP contribution in [0.25, 0.3) is 0 Å². The predicted octanol–water partition coefficient (Wildman–Crippen LogP) is 1.74. The Morgan fingerprint density at radius 2 is 2.29 bits per heavy atom. The van der Waals surface area contributed by atoms with Crippen LogP contribution in [0.15, 0.2) is 10.3 Å². The highest BCUT2D eigenvalue weighted by Gasteiger charge is 2.15. The molecule has 2 N–H and O–H groups in total. The minimum Gasteiger partial charge on any atom is -0.377 e. The van der Waals surface area contributed by atoms with Crippen LogP contribution in [0, 0.1) is 6.92 Å². The van der Waals surface area contributed by atoms with E-state index in [1.807, 2.05) is 13.8 Å². The first-order valence-electron chi connectivity index (χ1n) is 4.02. The Bertz CT molecular complexity index is 422. The lowest BCUT2D eigenvalue weighted by Crippen LogP contribution is -2.08. The van der Waals surface area contributed by atoms with E-state index in [4.69, 9.17) is 21.1 Å². The fourth-order valence-corrected chi connectivity index (χ4v) is 3.55. The van der Waals surface area contributed by atoms with Crippen molar-refractivity contribution in [3.63, 3.8) is 0 Å². The molecule has 1 rings (SSSR count). The zero-order valence-electron chi connectivity index (χ0n) is 8.27. The van der Waals surface area contributed by atoms with Crippen LogP contribution in [0.2, 0.25) is 0 Å². The molecule has 0 aliphatic carbocycles. The smallest absolute Gasteiger partial charge is 0.126 e. The zero-order valence-corrected chi connectivity index (χ0v) is 10.7. The number of rotatable bonds is 3. The van der Waals surface area contributed by atoms with Crippen LogP contribution in [0.1, 0.15) is 23.5 Å². The van der Waals surface area contributed by atoms with E-state index in [9.17, 15) is 4.21 Å². The number of aryl methyl sites for hydroxylation is 1. The second-order valence-corrected chi connectivity index (χ2v) is 7.53. The summed E-state index contributed by atoms with van der Waals surface area (Å²) in [6.45, 7) is 3.88. The molecule has 0 amide bonds. The number of nitrogens with two attached hydrogens (primary N) is 1. The van der Waals surface area contributed by atoms with Crippen molar-refractivity contribution in [1.82, 2.24) is 0 Å². The maximum absolute atomic E-state index is 11.4. The van der Waals surface area contributed by atoms with Crippen molar-refractivity contribution in [2.75, 3.05) is 7.11 Å².